The van der Waals surface area contributed by atoms with Gasteiger partial charge in [0.1, 0.15) is 11.6 Å². The van der Waals surface area contributed by atoms with Gasteiger partial charge in [-0.05, 0) is 66.3 Å². The average Bonchev–Trinajstić information content (AvgIpc) is 2.88. The van der Waals surface area contributed by atoms with Crippen LogP contribution < -0.4 is 0 Å². The number of likely N-dealkylation sites (tertiary alicyclic amines) is 1. The highest BCUT2D eigenvalue weighted by molar-refractivity contribution is 7.88. The second kappa shape index (κ2) is 11.5. The van der Waals surface area contributed by atoms with E-state index in [1.165, 1.54) is 31.3 Å². The van der Waals surface area contributed by atoms with Gasteiger partial charge in [0.25, 0.3) is 0 Å². The number of likely N-dealkylation sites (N-methyl/N-ethyl adjacent to an activating group) is 1. The zero-order chi connectivity index (χ0) is 28.4. The Morgan fingerprint density at radius 3 is 1.97 bits per heavy atom. The lowest BCUT2D eigenvalue weighted by Crippen LogP contribution is -2.49. The maximum atomic E-state index is 13.7. The Bertz CT molecular complexity index is 1400. The van der Waals surface area contributed by atoms with Crippen LogP contribution in [0.1, 0.15) is 43.4 Å². The van der Waals surface area contributed by atoms with Crippen LogP contribution >= 0.6 is 0 Å². The SMILES string of the molecule is C[C@@H](c1ccc(-c2ccc(F)cc2)cc1)N1CCC(CC(O)CN(C)S(C)(=O)=O)(c2ccc(F)cc2)CC1=O. The first kappa shape index (κ1) is 28.9. The van der Waals surface area contributed by atoms with Crippen molar-refractivity contribution < 1.29 is 27.1 Å². The Hall–Kier alpha value is -3.14. The Kier molecular flexibility index (Phi) is 8.54. The number of nitrogens with zero attached hydrogens (tertiary/aromatic N) is 2. The molecule has 0 radical (unpaired) electrons. The van der Waals surface area contributed by atoms with Crippen molar-refractivity contribution in [2.24, 2.45) is 0 Å². The second-order valence-electron chi connectivity index (χ2n) is 10.5. The van der Waals surface area contributed by atoms with E-state index in [-0.39, 0.29) is 37.2 Å². The lowest BCUT2D eigenvalue weighted by molar-refractivity contribution is -0.139. The number of aliphatic hydroxyl groups excluding tert-OH is 1. The van der Waals surface area contributed by atoms with Crippen LogP contribution in [0.3, 0.4) is 0 Å². The quantitative estimate of drug-likeness (QED) is 0.407. The Balaban J connectivity index is 1.53. The van der Waals surface area contributed by atoms with Gasteiger partial charge in [0.2, 0.25) is 15.9 Å². The first-order valence-corrected chi connectivity index (χ1v) is 14.7. The van der Waals surface area contributed by atoms with Gasteiger partial charge >= 0.3 is 0 Å². The fourth-order valence-corrected chi connectivity index (χ4v) is 5.86. The fraction of sp³-hybridized carbons (Fsp3) is 0.367. The number of halogens is 2. The van der Waals surface area contributed by atoms with Gasteiger partial charge in [0.15, 0.2) is 0 Å². The van der Waals surface area contributed by atoms with E-state index >= 15 is 0 Å². The minimum absolute atomic E-state index is 0.0932. The monoisotopic (exact) mass is 556 g/mol. The molecule has 2 unspecified atom stereocenters. The van der Waals surface area contributed by atoms with Crippen LogP contribution in [-0.4, -0.2) is 61.1 Å². The van der Waals surface area contributed by atoms with E-state index in [0.717, 1.165) is 32.8 Å². The van der Waals surface area contributed by atoms with Crippen LogP contribution in [0.15, 0.2) is 72.8 Å². The fourth-order valence-electron chi connectivity index (χ4n) is 5.41. The number of hydrogen-bond donors (Lipinski definition) is 1. The van der Waals surface area contributed by atoms with Gasteiger partial charge in [0.05, 0.1) is 18.4 Å². The molecule has 208 valence electrons. The number of carbonyl (C=O) groups is 1. The topological polar surface area (TPSA) is 77.9 Å². The van der Waals surface area contributed by atoms with E-state index in [1.807, 2.05) is 36.1 Å². The van der Waals surface area contributed by atoms with Crippen molar-refractivity contribution in [1.82, 2.24) is 9.21 Å². The van der Waals surface area contributed by atoms with Gasteiger partial charge in [-0.25, -0.2) is 21.5 Å². The van der Waals surface area contributed by atoms with E-state index in [9.17, 15) is 27.1 Å². The molecule has 0 bridgehead atoms. The molecule has 1 aliphatic heterocycles. The van der Waals surface area contributed by atoms with Crippen LogP contribution in [0.2, 0.25) is 0 Å². The van der Waals surface area contributed by atoms with E-state index in [2.05, 4.69) is 0 Å². The van der Waals surface area contributed by atoms with Gasteiger partial charge < -0.3 is 10.0 Å². The normalized spacial score (nSPS) is 19.8. The highest BCUT2D eigenvalue weighted by atomic mass is 32.2. The number of carbonyl (C=O) groups excluding carboxylic acids is 1. The third kappa shape index (κ3) is 6.72. The molecule has 1 N–H and O–H groups in total. The van der Waals surface area contributed by atoms with Gasteiger partial charge in [-0.2, -0.15) is 0 Å². The number of piperidine rings is 1. The van der Waals surface area contributed by atoms with E-state index < -0.39 is 27.4 Å². The van der Waals surface area contributed by atoms with Crippen LogP contribution in [0.25, 0.3) is 11.1 Å². The molecule has 0 aromatic heterocycles. The number of sulfonamides is 1. The minimum atomic E-state index is -3.48. The number of benzene rings is 3. The van der Waals surface area contributed by atoms with Crippen LogP contribution in [0.4, 0.5) is 8.78 Å². The summed E-state index contributed by atoms with van der Waals surface area (Å²) in [5, 5.41) is 10.9. The summed E-state index contributed by atoms with van der Waals surface area (Å²) in [6, 6.07) is 19.9. The number of rotatable bonds is 9. The van der Waals surface area contributed by atoms with Gasteiger partial charge in [-0.1, -0.05) is 48.5 Å². The van der Waals surface area contributed by atoms with Crippen molar-refractivity contribution in [3.8, 4) is 11.1 Å². The standard InChI is InChI=1S/C30H34F2N2O4S/c1-21(22-4-6-23(7-5-22)24-8-12-26(31)13-9-24)34-17-16-30(19-29(34)36,25-10-14-27(32)15-11-25)18-28(35)20-33(2)39(3,37)38/h4-15,21,28,35H,16-20H2,1-3H3/t21-,28?,30?/m0/s1. The third-order valence-electron chi connectivity index (χ3n) is 7.80. The molecule has 0 aliphatic carbocycles. The van der Waals surface area contributed by atoms with E-state index in [4.69, 9.17) is 0 Å². The smallest absolute Gasteiger partial charge is 0.223 e. The van der Waals surface area contributed by atoms with Crippen LogP contribution in [0, 0.1) is 11.6 Å². The van der Waals surface area contributed by atoms with Crippen molar-refractivity contribution >= 4 is 15.9 Å². The molecule has 1 amide bonds. The summed E-state index contributed by atoms with van der Waals surface area (Å²) in [5.41, 5.74) is 2.78. The Morgan fingerprint density at radius 1 is 0.949 bits per heavy atom. The van der Waals surface area contributed by atoms with Crippen molar-refractivity contribution in [3.05, 3.63) is 95.6 Å². The number of amides is 1. The molecule has 4 rings (SSSR count). The highest BCUT2D eigenvalue weighted by Gasteiger charge is 2.43. The molecule has 3 aromatic rings. The minimum Gasteiger partial charge on any atom is -0.392 e. The molecule has 1 heterocycles. The zero-order valence-electron chi connectivity index (χ0n) is 22.3. The number of hydrogen-bond acceptors (Lipinski definition) is 4. The third-order valence-corrected chi connectivity index (χ3v) is 9.08. The van der Waals surface area contributed by atoms with Gasteiger partial charge in [-0.3, -0.25) is 4.79 Å². The predicted molar refractivity (Wildman–Crippen MR) is 147 cm³/mol. The second-order valence-corrected chi connectivity index (χ2v) is 12.6. The maximum Gasteiger partial charge on any atom is 0.223 e. The van der Waals surface area contributed by atoms with E-state index in [0.29, 0.717) is 13.0 Å². The molecule has 1 fully saturated rings. The molecule has 1 saturated heterocycles. The molecule has 9 heteroatoms. The van der Waals surface area contributed by atoms with Gasteiger partial charge in [0, 0.05) is 32.0 Å². The molecule has 6 nitrogen and oxygen atoms in total. The highest BCUT2D eigenvalue weighted by Crippen LogP contribution is 2.42. The molecule has 1 aliphatic rings. The van der Waals surface area contributed by atoms with E-state index in [1.54, 1.807) is 24.3 Å². The summed E-state index contributed by atoms with van der Waals surface area (Å²) in [7, 11) is -2.08. The largest absolute Gasteiger partial charge is 0.392 e. The Labute approximate surface area is 228 Å². The van der Waals surface area contributed by atoms with Crippen molar-refractivity contribution in [3.63, 3.8) is 0 Å². The molecule has 3 aromatic carbocycles. The predicted octanol–water partition coefficient (Wildman–Crippen LogP) is 4.90. The van der Waals surface area contributed by atoms with Crippen LogP contribution in [-0.2, 0) is 20.2 Å². The summed E-state index contributed by atoms with van der Waals surface area (Å²) in [6.07, 6.45) is 0.868. The molecule has 0 spiro atoms. The van der Waals surface area contributed by atoms with Crippen molar-refractivity contribution in [1.29, 1.82) is 0 Å². The maximum absolute atomic E-state index is 13.7. The zero-order valence-corrected chi connectivity index (χ0v) is 23.2. The lowest BCUT2D eigenvalue weighted by atomic mass is 9.68. The molecular formula is C30H34F2N2O4S. The molecule has 3 atom stereocenters. The first-order chi connectivity index (χ1) is 18.4. The molecule has 0 saturated carbocycles. The van der Waals surface area contributed by atoms with Gasteiger partial charge in [-0.15, -0.1) is 0 Å². The van der Waals surface area contributed by atoms with Crippen LogP contribution in [0.5, 0.6) is 0 Å². The summed E-state index contributed by atoms with van der Waals surface area (Å²) in [4.78, 5) is 15.4. The Morgan fingerprint density at radius 2 is 1.46 bits per heavy atom. The average molecular weight is 557 g/mol. The number of aliphatic hydroxyl groups is 1. The first-order valence-electron chi connectivity index (χ1n) is 12.9. The van der Waals surface area contributed by atoms with Crippen molar-refractivity contribution in [2.75, 3.05) is 26.4 Å². The summed E-state index contributed by atoms with van der Waals surface area (Å²) in [6.45, 7) is 2.29. The molecular weight excluding hydrogens is 522 g/mol. The summed E-state index contributed by atoms with van der Waals surface area (Å²) in [5.74, 6) is -0.781. The lowest BCUT2D eigenvalue weighted by Gasteiger charge is -2.45. The summed E-state index contributed by atoms with van der Waals surface area (Å²) >= 11 is 0. The summed E-state index contributed by atoms with van der Waals surface area (Å²) < 4.78 is 51.8. The van der Waals surface area contributed by atoms with Crippen molar-refractivity contribution in [2.45, 2.75) is 43.7 Å². The molecule has 39 heavy (non-hydrogen) atoms.